The van der Waals surface area contributed by atoms with Crippen LogP contribution in [0.25, 0.3) is 0 Å². The molecule has 8 heteroatoms. The lowest BCUT2D eigenvalue weighted by Gasteiger charge is -2.31. The van der Waals surface area contributed by atoms with Crippen LogP contribution in [0.3, 0.4) is 0 Å². The lowest BCUT2D eigenvalue weighted by atomic mass is 9.85. The molecule has 2 aromatic carbocycles. The summed E-state index contributed by atoms with van der Waals surface area (Å²) >= 11 is 0. The number of anilines is 1. The number of amides is 2. The Morgan fingerprint density at radius 3 is 2.09 bits per heavy atom. The largest absolute Gasteiger partial charge is 0.481 e. The SMILES string of the molecule is COC(=O)c1ccc(NC(=O)C(NC(=O)C(CCc2ccccc2)CC(=O)O)C(C)(C)C)cc1. The molecule has 0 aliphatic heterocycles. The third-order valence-corrected chi connectivity index (χ3v) is 5.40. The summed E-state index contributed by atoms with van der Waals surface area (Å²) < 4.78 is 4.67. The molecular weight excluding hydrogens is 436 g/mol. The van der Waals surface area contributed by atoms with Gasteiger partial charge in [-0.05, 0) is 48.1 Å². The first kappa shape index (κ1) is 26.6. The Kier molecular flexibility index (Phi) is 9.36. The minimum absolute atomic E-state index is 0.327. The second-order valence-electron chi connectivity index (χ2n) is 9.18. The molecule has 0 aromatic heterocycles. The Balaban J connectivity index is 2.12. The molecule has 3 N–H and O–H groups in total. The molecule has 0 heterocycles. The first-order chi connectivity index (χ1) is 16.0. The van der Waals surface area contributed by atoms with Gasteiger partial charge in [-0.2, -0.15) is 0 Å². The summed E-state index contributed by atoms with van der Waals surface area (Å²) in [4.78, 5) is 49.1. The summed E-state index contributed by atoms with van der Waals surface area (Å²) in [6, 6.07) is 14.8. The van der Waals surface area contributed by atoms with Crippen LogP contribution in [0.15, 0.2) is 54.6 Å². The standard InChI is InChI=1S/C26H32N2O6/c1-26(2,3)22(24(32)27-20-14-12-18(13-15-20)25(33)34-4)28-23(31)19(16-21(29)30)11-10-17-8-6-5-7-9-17/h5-9,12-15,19,22H,10-11,16H2,1-4H3,(H,27,32)(H,28,31)(H,29,30). The Bertz CT molecular complexity index is 996. The molecular formula is C26H32N2O6. The zero-order chi connectivity index (χ0) is 25.3. The second-order valence-corrected chi connectivity index (χ2v) is 9.18. The van der Waals surface area contributed by atoms with E-state index in [1.54, 1.807) is 12.1 Å². The zero-order valence-electron chi connectivity index (χ0n) is 20.0. The molecule has 2 atom stereocenters. The molecule has 8 nitrogen and oxygen atoms in total. The fourth-order valence-electron chi connectivity index (χ4n) is 3.48. The van der Waals surface area contributed by atoms with E-state index < -0.39 is 41.1 Å². The number of nitrogens with one attached hydrogen (secondary N) is 2. The van der Waals surface area contributed by atoms with Crippen molar-refractivity contribution in [2.75, 3.05) is 12.4 Å². The van der Waals surface area contributed by atoms with Crippen molar-refractivity contribution < 1.29 is 29.0 Å². The van der Waals surface area contributed by atoms with E-state index in [0.717, 1.165) is 5.56 Å². The fraction of sp³-hybridized carbons (Fsp3) is 0.385. The van der Waals surface area contributed by atoms with Gasteiger partial charge >= 0.3 is 11.9 Å². The number of esters is 1. The number of hydrogen-bond donors (Lipinski definition) is 3. The first-order valence-corrected chi connectivity index (χ1v) is 11.1. The van der Waals surface area contributed by atoms with E-state index in [0.29, 0.717) is 24.1 Å². The summed E-state index contributed by atoms with van der Waals surface area (Å²) in [5.41, 5.74) is 1.16. The molecule has 2 unspecified atom stereocenters. The third kappa shape index (κ3) is 8.03. The predicted octanol–water partition coefficient (Wildman–Crippen LogP) is 3.67. The zero-order valence-corrected chi connectivity index (χ0v) is 20.0. The van der Waals surface area contributed by atoms with Crippen molar-refractivity contribution in [3.8, 4) is 0 Å². The highest BCUT2D eigenvalue weighted by atomic mass is 16.5. The van der Waals surface area contributed by atoms with Crippen LogP contribution in [0.1, 0.15) is 49.5 Å². The van der Waals surface area contributed by atoms with Gasteiger partial charge in [0.1, 0.15) is 6.04 Å². The Morgan fingerprint density at radius 2 is 1.56 bits per heavy atom. The summed E-state index contributed by atoms with van der Waals surface area (Å²) in [7, 11) is 1.28. The molecule has 182 valence electrons. The number of carbonyl (C=O) groups is 4. The first-order valence-electron chi connectivity index (χ1n) is 11.1. The van der Waals surface area contributed by atoms with E-state index in [1.165, 1.54) is 19.2 Å². The maximum atomic E-state index is 13.1. The van der Waals surface area contributed by atoms with E-state index in [4.69, 9.17) is 0 Å². The molecule has 34 heavy (non-hydrogen) atoms. The average molecular weight is 469 g/mol. The van der Waals surface area contributed by atoms with Crippen molar-refractivity contribution >= 4 is 29.4 Å². The van der Waals surface area contributed by atoms with Crippen LogP contribution in [-0.4, -0.2) is 42.0 Å². The normalized spacial score (nSPS) is 12.8. The van der Waals surface area contributed by atoms with Crippen LogP contribution in [0.4, 0.5) is 5.69 Å². The minimum Gasteiger partial charge on any atom is -0.481 e. The molecule has 0 radical (unpaired) electrons. The van der Waals surface area contributed by atoms with Crippen LogP contribution >= 0.6 is 0 Å². The van der Waals surface area contributed by atoms with E-state index in [9.17, 15) is 24.3 Å². The highest BCUT2D eigenvalue weighted by molar-refractivity contribution is 5.98. The van der Waals surface area contributed by atoms with Gasteiger partial charge in [-0.25, -0.2) is 4.79 Å². The van der Waals surface area contributed by atoms with Crippen molar-refractivity contribution in [2.45, 2.75) is 46.1 Å². The number of carbonyl (C=O) groups excluding carboxylic acids is 3. The van der Waals surface area contributed by atoms with Gasteiger partial charge in [0, 0.05) is 11.6 Å². The minimum atomic E-state index is -1.07. The van der Waals surface area contributed by atoms with Gasteiger partial charge in [-0.1, -0.05) is 51.1 Å². The van der Waals surface area contributed by atoms with Gasteiger partial charge in [-0.3, -0.25) is 14.4 Å². The second kappa shape index (κ2) is 12.0. The number of benzene rings is 2. The van der Waals surface area contributed by atoms with Crippen LogP contribution < -0.4 is 10.6 Å². The van der Waals surface area contributed by atoms with Crippen LogP contribution in [0.5, 0.6) is 0 Å². The van der Waals surface area contributed by atoms with E-state index in [2.05, 4.69) is 15.4 Å². The van der Waals surface area contributed by atoms with Crippen molar-refractivity contribution in [1.82, 2.24) is 5.32 Å². The van der Waals surface area contributed by atoms with Gasteiger partial charge in [0.2, 0.25) is 11.8 Å². The van der Waals surface area contributed by atoms with Gasteiger partial charge < -0.3 is 20.5 Å². The maximum absolute atomic E-state index is 13.1. The molecule has 0 aliphatic rings. The summed E-state index contributed by atoms with van der Waals surface area (Å²) in [5, 5.41) is 14.8. The number of aliphatic carboxylic acids is 1. The van der Waals surface area contributed by atoms with Crippen LogP contribution in [-0.2, 0) is 25.5 Å². The molecule has 0 bridgehead atoms. The fourth-order valence-corrected chi connectivity index (χ4v) is 3.48. The van der Waals surface area contributed by atoms with E-state index in [-0.39, 0.29) is 6.42 Å². The lowest BCUT2D eigenvalue weighted by Crippen LogP contribution is -2.53. The van der Waals surface area contributed by atoms with Crippen LogP contribution in [0.2, 0.25) is 0 Å². The number of carboxylic acid groups (broad SMARTS) is 1. The quantitative estimate of drug-likeness (QED) is 0.458. The smallest absolute Gasteiger partial charge is 0.337 e. The molecule has 2 aromatic rings. The number of ether oxygens (including phenoxy) is 1. The monoisotopic (exact) mass is 468 g/mol. The Hall–Kier alpha value is -3.68. The predicted molar refractivity (Wildman–Crippen MR) is 128 cm³/mol. The molecule has 0 saturated heterocycles. The van der Waals surface area contributed by atoms with Gasteiger partial charge in [-0.15, -0.1) is 0 Å². The number of aryl methyl sites for hydroxylation is 1. The number of carboxylic acids is 1. The summed E-state index contributed by atoms with van der Waals surface area (Å²) in [6.07, 6.45) is 0.562. The van der Waals surface area contributed by atoms with Gasteiger partial charge in [0.15, 0.2) is 0 Å². The molecule has 0 aliphatic carbocycles. The van der Waals surface area contributed by atoms with Crippen molar-refractivity contribution in [1.29, 1.82) is 0 Å². The molecule has 2 rings (SSSR count). The highest BCUT2D eigenvalue weighted by Gasteiger charge is 2.35. The third-order valence-electron chi connectivity index (χ3n) is 5.40. The maximum Gasteiger partial charge on any atom is 0.337 e. The highest BCUT2D eigenvalue weighted by Crippen LogP contribution is 2.23. The van der Waals surface area contributed by atoms with Gasteiger partial charge in [0.25, 0.3) is 0 Å². The Morgan fingerprint density at radius 1 is 0.941 bits per heavy atom. The van der Waals surface area contributed by atoms with Crippen molar-refractivity contribution in [3.05, 3.63) is 65.7 Å². The number of methoxy groups -OCH3 is 1. The van der Waals surface area contributed by atoms with E-state index in [1.807, 2.05) is 51.1 Å². The number of hydrogen-bond acceptors (Lipinski definition) is 5. The van der Waals surface area contributed by atoms with Crippen molar-refractivity contribution in [3.63, 3.8) is 0 Å². The van der Waals surface area contributed by atoms with Crippen LogP contribution in [0, 0.1) is 11.3 Å². The number of rotatable bonds is 10. The molecule has 2 amide bonds. The lowest BCUT2D eigenvalue weighted by molar-refractivity contribution is -0.141. The molecule has 0 spiro atoms. The van der Waals surface area contributed by atoms with Crippen molar-refractivity contribution in [2.24, 2.45) is 11.3 Å². The molecule has 0 fully saturated rings. The summed E-state index contributed by atoms with van der Waals surface area (Å²) in [5.74, 6) is -3.26. The van der Waals surface area contributed by atoms with Gasteiger partial charge in [0.05, 0.1) is 19.1 Å². The topological polar surface area (TPSA) is 122 Å². The Labute approximate surface area is 199 Å². The molecule has 0 saturated carbocycles. The van der Waals surface area contributed by atoms with E-state index >= 15 is 0 Å². The summed E-state index contributed by atoms with van der Waals surface area (Å²) in [6.45, 7) is 5.44. The average Bonchev–Trinajstić information content (AvgIpc) is 2.79.